The second-order valence-corrected chi connectivity index (χ2v) is 9.26. The number of nitrogens with two attached hydrogens (primary N) is 1. The van der Waals surface area contributed by atoms with Crippen LogP contribution in [0.2, 0.25) is 5.02 Å². The Morgan fingerprint density at radius 2 is 1.84 bits per heavy atom. The number of sulfonamides is 1. The van der Waals surface area contributed by atoms with Gasteiger partial charge in [0.15, 0.2) is 0 Å². The summed E-state index contributed by atoms with van der Waals surface area (Å²) in [6.07, 6.45) is 0.584. The predicted molar refractivity (Wildman–Crippen MR) is 120 cm³/mol. The normalized spacial score (nSPS) is 14.0. The van der Waals surface area contributed by atoms with Crippen molar-refractivity contribution in [3.05, 3.63) is 82.9 Å². The van der Waals surface area contributed by atoms with Crippen LogP contribution in [0, 0.1) is 0 Å². The van der Waals surface area contributed by atoms with Gasteiger partial charge < -0.3 is 10.1 Å². The fourth-order valence-corrected chi connectivity index (χ4v) is 5.51. The number of halogens is 2. The van der Waals surface area contributed by atoms with Crippen LogP contribution >= 0.6 is 11.6 Å². The van der Waals surface area contributed by atoms with Crippen LogP contribution in [-0.2, 0) is 16.4 Å². The van der Waals surface area contributed by atoms with Gasteiger partial charge in [-0.05, 0) is 48.4 Å². The Hall–Kier alpha value is -3.14. The van der Waals surface area contributed by atoms with Gasteiger partial charge in [-0.25, -0.2) is 8.42 Å². The van der Waals surface area contributed by atoms with Gasteiger partial charge in [0.25, 0.3) is 22.4 Å². The van der Waals surface area contributed by atoms with Crippen LogP contribution in [-0.4, -0.2) is 27.4 Å². The number of carbonyl (C=O) groups excluding carboxylic acids is 1. The number of hydrogen-bond donors (Lipinski definition) is 2. The highest BCUT2D eigenvalue weighted by Gasteiger charge is 2.32. The molecule has 1 heterocycles. The smallest absolute Gasteiger partial charge is 0.294 e. The molecule has 0 radical (unpaired) electrons. The highest BCUT2D eigenvalue weighted by molar-refractivity contribution is 7.93. The van der Waals surface area contributed by atoms with Crippen LogP contribution in [0.25, 0.3) is 0 Å². The number of benzene rings is 3. The van der Waals surface area contributed by atoms with Crippen molar-refractivity contribution in [2.24, 2.45) is 5.73 Å². The number of nitrogens with zero attached hydrogens (tertiary/aromatic N) is 1. The molecule has 3 N–H and O–H groups in total. The molecule has 0 fully saturated rings. The highest BCUT2D eigenvalue weighted by atomic mass is 35.5. The number of amides is 1. The number of ether oxygens (including phenoxy) is 1. The van der Waals surface area contributed by atoms with Crippen LogP contribution in [0.3, 0.4) is 0 Å². The zero-order valence-corrected chi connectivity index (χ0v) is 18.2. The molecule has 1 amide bonds. The average molecular weight is 476 g/mol. The first-order valence-electron chi connectivity index (χ1n) is 9.64. The number of para-hydroxylation sites is 3. The Bertz CT molecular complexity index is 1280. The second kappa shape index (κ2) is 8.78. The maximum atomic E-state index is 13.4. The van der Waals surface area contributed by atoms with E-state index in [4.69, 9.17) is 22.1 Å². The van der Waals surface area contributed by atoms with Crippen molar-refractivity contribution in [1.29, 1.82) is 0 Å². The van der Waals surface area contributed by atoms with Gasteiger partial charge in [0, 0.05) is 12.1 Å². The molecule has 0 aliphatic carbocycles. The molecule has 0 saturated heterocycles. The third kappa shape index (κ3) is 4.27. The molecule has 3 aromatic rings. The van der Waals surface area contributed by atoms with Gasteiger partial charge in [-0.2, -0.15) is 4.39 Å². The van der Waals surface area contributed by atoms with E-state index in [0.29, 0.717) is 12.1 Å². The lowest BCUT2D eigenvalue weighted by molar-refractivity contribution is 0.0746. The molecule has 10 heteroatoms. The van der Waals surface area contributed by atoms with E-state index in [9.17, 15) is 17.6 Å². The lowest BCUT2D eigenvalue weighted by Gasteiger charge is -2.20. The van der Waals surface area contributed by atoms with E-state index in [1.54, 1.807) is 24.3 Å². The fourth-order valence-electron chi connectivity index (χ4n) is 3.51. The molecular formula is C22H19ClFN3O4S. The maximum Gasteiger partial charge on any atom is 0.294 e. The van der Waals surface area contributed by atoms with Crippen LogP contribution in [0.4, 0.5) is 15.8 Å². The van der Waals surface area contributed by atoms with E-state index in [1.165, 1.54) is 34.6 Å². The van der Waals surface area contributed by atoms with Crippen molar-refractivity contribution in [3.63, 3.8) is 0 Å². The topological polar surface area (TPSA) is 102 Å². The standard InChI is InChI=1S/C22H19ClFN3O4S/c23-16-10-9-15(21(28)26-17-6-2-4-8-19(17)31-22(24)25)13-20(16)32(29,30)27-12-11-14-5-1-3-7-18(14)27/h1-10,13,22H,11-12,25H2,(H,26,28). The van der Waals surface area contributed by atoms with Crippen molar-refractivity contribution in [3.8, 4) is 5.75 Å². The van der Waals surface area contributed by atoms with Gasteiger partial charge >= 0.3 is 0 Å². The molecule has 0 saturated carbocycles. The summed E-state index contributed by atoms with van der Waals surface area (Å²) in [5.74, 6) is -0.588. The Balaban J connectivity index is 1.65. The molecule has 7 nitrogen and oxygen atoms in total. The second-order valence-electron chi connectivity index (χ2n) is 7.02. The minimum atomic E-state index is -4.01. The molecule has 3 aromatic carbocycles. The third-order valence-corrected chi connectivity index (χ3v) is 7.28. The summed E-state index contributed by atoms with van der Waals surface area (Å²) in [4.78, 5) is 12.6. The number of alkyl halides is 1. The lowest BCUT2D eigenvalue weighted by atomic mass is 10.2. The zero-order chi connectivity index (χ0) is 22.9. The Morgan fingerprint density at radius 3 is 2.62 bits per heavy atom. The molecular weight excluding hydrogens is 457 g/mol. The molecule has 0 aromatic heterocycles. The van der Waals surface area contributed by atoms with Gasteiger partial charge in [0.1, 0.15) is 10.6 Å². The van der Waals surface area contributed by atoms with Gasteiger partial charge in [-0.1, -0.05) is 41.9 Å². The quantitative estimate of drug-likeness (QED) is 0.415. The molecule has 166 valence electrons. The number of nitrogens with one attached hydrogen (secondary N) is 1. The highest BCUT2D eigenvalue weighted by Crippen LogP contribution is 2.35. The van der Waals surface area contributed by atoms with Gasteiger partial charge in [-0.15, -0.1) is 0 Å². The summed E-state index contributed by atoms with van der Waals surface area (Å²) >= 11 is 6.22. The van der Waals surface area contributed by atoms with Crippen molar-refractivity contribution >= 4 is 38.9 Å². The molecule has 32 heavy (non-hydrogen) atoms. The molecule has 1 aliphatic rings. The van der Waals surface area contributed by atoms with Crippen LogP contribution in [0.15, 0.2) is 71.6 Å². The first-order chi connectivity index (χ1) is 15.3. The Labute approximate surface area is 189 Å². The first-order valence-corrected chi connectivity index (χ1v) is 11.5. The number of carbonyl (C=O) groups is 1. The molecule has 1 atom stereocenters. The molecule has 1 unspecified atom stereocenters. The van der Waals surface area contributed by atoms with Gasteiger partial charge in [-0.3, -0.25) is 14.8 Å². The number of rotatable bonds is 6. The van der Waals surface area contributed by atoms with Crippen molar-refractivity contribution in [1.82, 2.24) is 0 Å². The Kier molecular flexibility index (Phi) is 6.05. The summed E-state index contributed by atoms with van der Waals surface area (Å²) in [7, 11) is -4.01. The van der Waals surface area contributed by atoms with E-state index < -0.39 is 22.4 Å². The van der Waals surface area contributed by atoms with E-state index in [-0.39, 0.29) is 33.5 Å². The summed E-state index contributed by atoms with van der Waals surface area (Å²) in [5.41, 5.74) is 6.77. The van der Waals surface area contributed by atoms with E-state index >= 15 is 0 Å². The van der Waals surface area contributed by atoms with Crippen molar-refractivity contribution < 1.29 is 22.3 Å². The van der Waals surface area contributed by atoms with Crippen molar-refractivity contribution in [2.45, 2.75) is 17.8 Å². The molecule has 4 rings (SSSR count). The van der Waals surface area contributed by atoms with E-state index in [2.05, 4.69) is 5.32 Å². The van der Waals surface area contributed by atoms with Crippen LogP contribution < -0.4 is 20.1 Å². The van der Waals surface area contributed by atoms with Crippen LogP contribution in [0.5, 0.6) is 5.75 Å². The lowest BCUT2D eigenvalue weighted by Crippen LogP contribution is -2.29. The SMILES string of the molecule is NC(F)Oc1ccccc1NC(=O)c1ccc(Cl)c(S(=O)(=O)N2CCc3ccccc32)c1. The number of anilines is 2. The van der Waals surface area contributed by atoms with Crippen molar-refractivity contribution in [2.75, 3.05) is 16.2 Å². The maximum absolute atomic E-state index is 13.4. The minimum absolute atomic E-state index is 0.00179. The van der Waals surface area contributed by atoms with E-state index in [0.717, 1.165) is 5.56 Å². The molecule has 0 spiro atoms. The first kappa shape index (κ1) is 22.1. The summed E-state index contributed by atoms with van der Waals surface area (Å²) in [6, 6.07) is 17.4. The zero-order valence-electron chi connectivity index (χ0n) is 16.7. The molecule has 1 aliphatic heterocycles. The van der Waals surface area contributed by atoms with Gasteiger partial charge in [0.05, 0.1) is 16.4 Å². The summed E-state index contributed by atoms with van der Waals surface area (Å²) < 4.78 is 45.9. The third-order valence-electron chi connectivity index (χ3n) is 4.98. The summed E-state index contributed by atoms with van der Waals surface area (Å²) in [5, 5.41) is 2.58. The number of fused-ring (bicyclic) bond motifs is 1. The predicted octanol–water partition coefficient (Wildman–Crippen LogP) is 3.93. The monoisotopic (exact) mass is 475 g/mol. The number of hydrogen-bond acceptors (Lipinski definition) is 5. The van der Waals surface area contributed by atoms with E-state index in [1.807, 2.05) is 12.1 Å². The molecule has 0 bridgehead atoms. The average Bonchev–Trinajstić information content (AvgIpc) is 3.20. The van der Waals surface area contributed by atoms with Gasteiger partial charge in [0.2, 0.25) is 0 Å². The van der Waals surface area contributed by atoms with Crippen LogP contribution in [0.1, 0.15) is 15.9 Å². The summed E-state index contributed by atoms with van der Waals surface area (Å²) in [6.45, 7) is -1.79. The largest absolute Gasteiger partial charge is 0.445 e. The fraction of sp³-hybridized carbons (Fsp3) is 0.136. The minimum Gasteiger partial charge on any atom is -0.445 e. The Morgan fingerprint density at radius 1 is 1.12 bits per heavy atom.